The first-order chi connectivity index (χ1) is 7.77. The molecule has 16 heavy (non-hydrogen) atoms. The molecule has 1 amide bonds. The van der Waals surface area contributed by atoms with Crippen molar-refractivity contribution in [1.29, 1.82) is 0 Å². The second-order valence-corrected chi connectivity index (χ2v) is 4.41. The number of nitrogens with one attached hydrogen (secondary N) is 1. The van der Waals surface area contributed by atoms with Crippen LogP contribution in [0.25, 0.3) is 0 Å². The van der Waals surface area contributed by atoms with Gasteiger partial charge in [0.1, 0.15) is 0 Å². The normalized spacial score (nSPS) is 10.3. The number of hydrogen-bond donors (Lipinski definition) is 2. The van der Waals surface area contributed by atoms with E-state index in [2.05, 4.69) is 12.2 Å². The van der Waals surface area contributed by atoms with Crippen LogP contribution >= 0.6 is 0 Å². The third kappa shape index (κ3) is 13.3. The second-order valence-electron chi connectivity index (χ2n) is 4.41. The molecule has 0 bridgehead atoms. The molecule has 96 valence electrons. The molecule has 0 radical (unpaired) electrons. The molecule has 0 unspecified atom stereocenters. The molecule has 0 saturated heterocycles. The number of hydrogen-bond acceptors (Lipinski definition) is 1. The molecule has 0 saturated carbocycles. The Labute approximate surface area is 99.6 Å². The maximum Gasteiger partial charge on any atom is 0.404 e. The van der Waals surface area contributed by atoms with Crippen LogP contribution in [0.3, 0.4) is 0 Å². The first kappa shape index (κ1) is 15.3. The molecule has 0 aliphatic carbocycles. The number of carboxylic acid groups (broad SMARTS) is 1. The van der Waals surface area contributed by atoms with Crippen LogP contribution in [0.15, 0.2) is 0 Å². The number of carbonyl (C=O) groups is 1. The second kappa shape index (κ2) is 12.3. The highest BCUT2D eigenvalue weighted by atomic mass is 16.4. The van der Waals surface area contributed by atoms with E-state index in [0.29, 0.717) is 6.54 Å². The fourth-order valence-electron chi connectivity index (χ4n) is 1.81. The highest BCUT2D eigenvalue weighted by Gasteiger charge is 1.94. The first-order valence-electron chi connectivity index (χ1n) is 6.74. The van der Waals surface area contributed by atoms with Crippen LogP contribution in [0.1, 0.15) is 71.1 Å². The Morgan fingerprint density at radius 1 is 0.875 bits per heavy atom. The van der Waals surface area contributed by atoms with Gasteiger partial charge in [-0.05, 0) is 6.42 Å². The molecule has 0 fully saturated rings. The first-order valence-corrected chi connectivity index (χ1v) is 6.74. The van der Waals surface area contributed by atoms with Crippen molar-refractivity contribution in [1.82, 2.24) is 5.32 Å². The highest BCUT2D eigenvalue weighted by Crippen LogP contribution is 2.10. The van der Waals surface area contributed by atoms with E-state index in [1.165, 1.54) is 51.4 Å². The van der Waals surface area contributed by atoms with E-state index in [4.69, 9.17) is 5.11 Å². The molecule has 0 spiro atoms. The Balaban J connectivity index is 2.90. The van der Waals surface area contributed by atoms with Crippen molar-refractivity contribution in [2.24, 2.45) is 0 Å². The van der Waals surface area contributed by atoms with E-state index < -0.39 is 6.09 Å². The Morgan fingerprint density at radius 3 is 1.75 bits per heavy atom. The highest BCUT2D eigenvalue weighted by molar-refractivity contribution is 5.64. The minimum atomic E-state index is -0.907. The molecule has 0 atom stereocenters. The summed E-state index contributed by atoms with van der Waals surface area (Å²) in [6.07, 6.45) is 11.9. The summed E-state index contributed by atoms with van der Waals surface area (Å²) in [6.45, 7) is 2.84. The van der Waals surface area contributed by atoms with Gasteiger partial charge in [-0.25, -0.2) is 4.79 Å². The zero-order valence-electron chi connectivity index (χ0n) is 10.6. The van der Waals surface area contributed by atoms with Gasteiger partial charge in [0.25, 0.3) is 0 Å². The maximum absolute atomic E-state index is 10.1. The van der Waals surface area contributed by atoms with Gasteiger partial charge >= 0.3 is 6.09 Å². The Morgan fingerprint density at radius 2 is 1.31 bits per heavy atom. The average Bonchev–Trinajstić information content (AvgIpc) is 2.25. The standard InChI is InChI=1S/C13H27NO2/c1-2-3-4-5-6-7-8-9-10-11-12-14-13(15)16/h14H,2-12H2,1H3,(H,15,16). The quantitative estimate of drug-likeness (QED) is 0.522. The van der Waals surface area contributed by atoms with Crippen LogP contribution in [0, 0.1) is 0 Å². The van der Waals surface area contributed by atoms with Crippen LogP contribution in [-0.4, -0.2) is 17.7 Å². The van der Waals surface area contributed by atoms with Gasteiger partial charge in [0.15, 0.2) is 0 Å². The van der Waals surface area contributed by atoms with Crippen LogP contribution in [0.2, 0.25) is 0 Å². The van der Waals surface area contributed by atoms with Gasteiger partial charge in [0.05, 0.1) is 0 Å². The molecule has 0 heterocycles. The van der Waals surface area contributed by atoms with Gasteiger partial charge in [-0.15, -0.1) is 0 Å². The number of unbranched alkanes of at least 4 members (excludes halogenated alkanes) is 9. The summed E-state index contributed by atoms with van der Waals surface area (Å²) < 4.78 is 0. The Bertz CT molecular complexity index is 160. The molecule has 2 N–H and O–H groups in total. The molecule has 0 aromatic carbocycles. The summed E-state index contributed by atoms with van der Waals surface area (Å²) in [5, 5.41) is 10.7. The molecular formula is C13H27NO2. The van der Waals surface area contributed by atoms with Crippen molar-refractivity contribution in [2.45, 2.75) is 71.1 Å². The summed E-state index contributed by atoms with van der Waals surface area (Å²) in [5.74, 6) is 0. The largest absolute Gasteiger partial charge is 0.465 e. The van der Waals surface area contributed by atoms with E-state index >= 15 is 0 Å². The minimum absolute atomic E-state index is 0.603. The van der Waals surface area contributed by atoms with Crippen molar-refractivity contribution in [3.63, 3.8) is 0 Å². The van der Waals surface area contributed by atoms with Crippen molar-refractivity contribution in [2.75, 3.05) is 6.54 Å². The fraction of sp³-hybridized carbons (Fsp3) is 0.923. The third-order valence-corrected chi connectivity index (χ3v) is 2.81. The summed E-state index contributed by atoms with van der Waals surface area (Å²) in [5.41, 5.74) is 0. The summed E-state index contributed by atoms with van der Waals surface area (Å²) >= 11 is 0. The topological polar surface area (TPSA) is 49.3 Å². The summed E-state index contributed by atoms with van der Waals surface area (Å²) in [6, 6.07) is 0. The van der Waals surface area contributed by atoms with Gasteiger partial charge < -0.3 is 10.4 Å². The van der Waals surface area contributed by atoms with Gasteiger partial charge in [0, 0.05) is 6.54 Å². The Hall–Kier alpha value is -0.730. The zero-order chi connectivity index (χ0) is 12.1. The smallest absolute Gasteiger partial charge is 0.404 e. The molecule has 0 rings (SSSR count). The maximum atomic E-state index is 10.1. The van der Waals surface area contributed by atoms with Crippen molar-refractivity contribution < 1.29 is 9.90 Å². The van der Waals surface area contributed by atoms with E-state index in [-0.39, 0.29) is 0 Å². The van der Waals surface area contributed by atoms with Gasteiger partial charge in [0.2, 0.25) is 0 Å². The van der Waals surface area contributed by atoms with Crippen LogP contribution < -0.4 is 5.32 Å². The molecule has 3 heteroatoms. The molecule has 0 aromatic rings. The lowest BCUT2D eigenvalue weighted by atomic mass is 10.1. The molecular weight excluding hydrogens is 202 g/mol. The predicted molar refractivity (Wildman–Crippen MR) is 67.9 cm³/mol. The average molecular weight is 229 g/mol. The molecule has 0 aromatic heterocycles. The van der Waals surface area contributed by atoms with Crippen molar-refractivity contribution in [3.05, 3.63) is 0 Å². The van der Waals surface area contributed by atoms with E-state index in [0.717, 1.165) is 12.8 Å². The van der Waals surface area contributed by atoms with E-state index in [1.807, 2.05) is 0 Å². The summed E-state index contributed by atoms with van der Waals surface area (Å²) in [4.78, 5) is 10.1. The lowest BCUT2D eigenvalue weighted by Gasteiger charge is -2.02. The van der Waals surface area contributed by atoms with Crippen molar-refractivity contribution in [3.8, 4) is 0 Å². The molecule has 0 aliphatic heterocycles. The molecule has 0 aliphatic rings. The van der Waals surface area contributed by atoms with Crippen LogP contribution in [0.5, 0.6) is 0 Å². The SMILES string of the molecule is CCCCCCCCCCCCNC(=O)O. The lowest BCUT2D eigenvalue weighted by molar-refractivity contribution is 0.194. The number of amides is 1. The monoisotopic (exact) mass is 229 g/mol. The fourth-order valence-corrected chi connectivity index (χ4v) is 1.81. The van der Waals surface area contributed by atoms with E-state index in [9.17, 15) is 4.79 Å². The minimum Gasteiger partial charge on any atom is -0.465 e. The van der Waals surface area contributed by atoms with Gasteiger partial charge in [-0.1, -0.05) is 64.7 Å². The Kier molecular flexibility index (Phi) is 11.8. The lowest BCUT2D eigenvalue weighted by Crippen LogP contribution is -2.21. The predicted octanol–water partition coefficient (Wildman–Crippen LogP) is 4.17. The van der Waals surface area contributed by atoms with E-state index in [1.54, 1.807) is 0 Å². The molecule has 3 nitrogen and oxygen atoms in total. The van der Waals surface area contributed by atoms with Gasteiger partial charge in [-0.2, -0.15) is 0 Å². The number of rotatable bonds is 11. The zero-order valence-corrected chi connectivity index (χ0v) is 10.6. The van der Waals surface area contributed by atoms with Crippen LogP contribution in [-0.2, 0) is 0 Å². The van der Waals surface area contributed by atoms with Crippen LogP contribution in [0.4, 0.5) is 4.79 Å². The third-order valence-electron chi connectivity index (χ3n) is 2.81. The van der Waals surface area contributed by atoms with Gasteiger partial charge in [-0.3, -0.25) is 0 Å². The summed E-state index contributed by atoms with van der Waals surface area (Å²) in [7, 11) is 0. The van der Waals surface area contributed by atoms with Crippen molar-refractivity contribution >= 4 is 6.09 Å².